The SMILES string of the molecule is c1ccc(-c2ccc(CN3CCC4CNCC4C3)cc2)cc1. The average Bonchev–Trinajstić information content (AvgIpc) is 3.04. The van der Waals surface area contributed by atoms with Gasteiger partial charge < -0.3 is 5.32 Å². The van der Waals surface area contributed by atoms with E-state index >= 15 is 0 Å². The van der Waals surface area contributed by atoms with Crippen molar-refractivity contribution in [2.45, 2.75) is 13.0 Å². The molecule has 2 unspecified atom stereocenters. The largest absolute Gasteiger partial charge is 0.316 e. The molecule has 0 spiro atoms. The average molecular weight is 292 g/mol. The highest BCUT2D eigenvalue weighted by atomic mass is 15.1. The van der Waals surface area contributed by atoms with Gasteiger partial charge in [-0.1, -0.05) is 54.6 Å². The molecule has 0 radical (unpaired) electrons. The third kappa shape index (κ3) is 2.94. The maximum absolute atomic E-state index is 3.55. The Morgan fingerprint density at radius 2 is 1.59 bits per heavy atom. The first-order valence-electron chi connectivity index (χ1n) is 8.46. The van der Waals surface area contributed by atoms with Gasteiger partial charge in [0.05, 0.1) is 0 Å². The van der Waals surface area contributed by atoms with Crippen LogP contribution >= 0.6 is 0 Å². The number of fused-ring (bicyclic) bond motifs is 1. The maximum atomic E-state index is 3.55. The second-order valence-corrected chi connectivity index (χ2v) is 6.77. The van der Waals surface area contributed by atoms with Crippen molar-refractivity contribution in [3.63, 3.8) is 0 Å². The Morgan fingerprint density at radius 1 is 0.864 bits per heavy atom. The van der Waals surface area contributed by atoms with Crippen LogP contribution in [0, 0.1) is 11.8 Å². The molecule has 0 amide bonds. The molecule has 1 N–H and O–H groups in total. The molecular formula is C20H24N2. The van der Waals surface area contributed by atoms with Crippen molar-refractivity contribution in [3.8, 4) is 11.1 Å². The summed E-state index contributed by atoms with van der Waals surface area (Å²) >= 11 is 0. The first kappa shape index (κ1) is 14.0. The van der Waals surface area contributed by atoms with Gasteiger partial charge in [0.15, 0.2) is 0 Å². The molecule has 2 heteroatoms. The van der Waals surface area contributed by atoms with Crippen molar-refractivity contribution in [1.82, 2.24) is 10.2 Å². The molecule has 2 nitrogen and oxygen atoms in total. The van der Waals surface area contributed by atoms with Gasteiger partial charge in [0, 0.05) is 13.1 Å². The maximum Gasteiger partial charge on any atom is 0.0233 e. The lowest BCUT2D eigenvalue weighted by Gasteiger charge is -2.34. The summed E-state index contributed by atoms with van der Waals surface area (Å²) in [4.78, 5) is 2.63. The predicted molar refractivity (Wildman–Crippen MR) is 91.6 cm³/mol. The van der Waals surface area contributed by atoms with Crippen LogP contribution in [0.3, 0.4) is 0 Å². The van der Waals surface area contributed by atoms with E-state index in [1.807, 2.05) is 0 Å². The van der Waals surface area contributed by atoms with Gasteiger partial charge in [-0.05, 0) is 54.6 Å². The molecule has 2 aromatic rings. The monoisotopic (exact) mass is 292 g/mol. The van der Waals surface area contributed by atoms with Crippen LogP contribution in [0.2, 0.25) is 0 Å². The van der Waals surface area contributed by atoms with E-state index in [1.165, 1.54) is 49.3 Å². The summed E-state index contributed by atoms with van der Waals surface area (Å²) in [7, 11) is 0. The molecule has 22 heavy (non-hydrogen) atoms. The zero-order valence-electron chi connectivity index (χ0n) is 13.0. The molecular weight excluding hydrogens is 268 g/mol. The van der Waals surface area contributed by atoms with Crippen molar-refractivity contribution in [2.75, 3.05) is 26.2 Å². The molecule has 4 rings (SSSR count). The van der Waals surface area contributed by atoms with Crippen molar-refractivity contribution in [2.24, 2.45) is 11.8 Å². The van der Waals surface area contributed by atoms with Crippen molar-refractivity contribution < 1.29 is 0 Å². The normalized spacial score (nSPS) is 25.1. The molecule has 0 aromatic heterocycles. The number of nitrogens with one attached hydrogen (secondary N) is 1. The first-order valence-corrected chi connectivity index (χ1v) is 8.46. The van der Waals surface area contributed by atoms with Crippen LogP contribution in [0.15, 0.2) is 54.6 Å². The number of piperidine rings is 1. The molecule has 2 heterocycles. The predicted octanol–water partition coefficient (Wildman–Crippen LogP) is 3.39. The van der Waals surface area contributed by atoms with Crippen LogP contribution in [0.5, 0.6) is 0 Å². The lowest BCUT2D eigenvalue weighted by Crippen LogP contribution is -2.39. The number of nitrogens with zero attached hydrogens (tertiary/aromatic N) is 1. The Hall–Kier alpha value is -1.64. The minimum atomic E-state index is 0.873. The Kier molecular flexibility index (Phi) is 3.96. The minimum absolute atomic E-state index is 0.873. The minimum Gasteiger partial charge on any atom is -0.316 e. The van der Waals surface area contributed by atoms with E-state index < -0.39 is 0 Å². The van der Waals surface area contributed by atoms with E-state index in [0.717, 1.165) is 18.4 Å². The van der Waals surface area contributed by atoms with Crippen LogP contribution in [0.25, 0.3) is 11.1 Å². The van der Waals surface area contributed by atoms with Gasteiger partial charge in [0.1, 0.15) is 0 Å². The molecule has 2 aliphatic heterocycles. The summed E-state index contributed by atoms with van der Waals surface area (Å²) in [5, 5.41) is 3.55. The molecule has 2 fully saturated rings. The van der Waals surface area contributed by atoms with Gasteiger partial charge in [0.2, 0.25) is 0 Å². The second-order valence-electron chi connectivity index (χ2n) is 6.77. The van der Waals surface area contributed by atoms with Gasteiger partial charge in [-0.3, -0.25) is 4.90 Å². The Balaban J connectivity index is 1.41. The van der Waals surface area contributed by atoms with Crippen LogP contribution in [0.4, 0.5) is 0 Å². The quantitative estimate of drug-likeness (QED) is 0.933. The van der Waals surface area contributed by atoms with Gasteiger partial charge >= 0.3 is 0 Å². The molecule has 0 bridgehead atoms. The second kappa shape index (κ2) is 6.23. The van der Waals surface area contributed by atoms with E-state index in [0.29, 0.717) is 0 Å². The van der Waals surface area contributed by atoms with Crippen molar-refractivity contribution >= 4 is 0 Å². The highest BCUT2D eigenvalue weighted by molar-refractivity contribution is 5.63. The van der Waals surface area contributed by atoms with E-state index in [-0.39, 0.29) is 0 Å². The molecule has 2 atom stereocenters. The Labute approximate surface area is 133 Å². The van der Waals surface area contributed by atoms with Gasteiger partial charge in [-0.15, -0.1) is 0 Å². The van der Waals surface area contributed by atoms with Crippen LogP contribution in [0.1, 0.15) is 12.0 Å². The fraction of sp³-hybridized carbons (Fsp3) is 0.400. The standard InChI is InChI=1S/C20H24N2/c1-2-4-17(5-3-1)18-8-6-16(7-9-18)14-22-11-10-19-12-21-13-20(19)15-22/h1-9,19-21H,10-15H2. The van der Waals surface area contributed by atoms with E-state index in [9.17, 15) is 0 Å². The highest BCUT2D eigenvalue weighted by Crippen LogP contribution is 2.27. The van der Waals surface area contributed by atoms with Gasteiger partial charge in [-0.25, -0.2) is 0 Å². The molecule has 114 valence electrons. The molecule has 2 saturated heterocycles. The third-order valence-electron chi connectivity index (χ3n) is 5.26. The van der Waals surface area contributed by atoms with Crippen molar-refractivity contribution in [1.29, 1.82) is 0 Å². The fourth-order valence-corrected chi connectivity index (χ4v) is 3.95. The lowest BCUT2D eigenvalue weighted by atomic mass is 9.88. The van der Waals surface area contributed by atoms with E-state index in [4.69, 9.17) is 0 Å². The summed E-state index contributed by atoms with van der Waals surface area (Å²) < 4.78 is 0. The number of likely N-dealkylation sites (tertiary alicyclic amines) is 1. The third-order valence-corrected chi connectivity index (χ3v) is 5.26. The molecule has 0 saturated carbocycles. The van der Waals surface area contributed by atoms with Crippen LogP contribution < -0.4 is 5.32 Å². The number of rotatable bonds is 3. The van der Waals surface area contributed by atoms with Crippen LogP contribution in [-0.2, 0) is 6.54 Å². The summed E-state index contributed by atoms with van der Waals surface area (Å²) in [5.74, 6) is 1.80. The Morgan fingerprint density at radius 3 is 2.41 bits per heavy atom. The van der Waals surface area contributed by atoms with E-state index in [2.05, 4.69) is 64.8 Å². The zero-order chi connectivity index (χ0) is 14.8. The van der Waals surface area contributed by atoms with Gasteiger partial charge in [-0.2, -0.15) is 0 Å². The number of hydrogen-bond acceptors (Lipinski definition) is 2. The molecule has 2 aliphatic rings. The lowest BCUT2D eigenvalue weighted by molar-refractivity contribution is 0.142. The van der Waals surface area contributed by atoms with Crippen molar-refractivity contribution in [3.05, 3.63) is 60.2 Å². The number of hydrogen-bond donors (Lipinski definition) is 1. The fourth-order valence-electron chi connectivity index (χ4n) is 3.95. The summed E-state index contributed by atoms with van der Waals surface area (Å²) in [6.07, 6.45) is 1.36. The number of benzene rings is 2. The zero-order valence-corrected chi connectivity index (χ0v) is 13.0. The highest BCUT2D eigenvalue weighted by Gasteiger charge is 2.32. The van der Waals surface area contributed by atoms with E-state index in [1.54, 1.807) is 0 Å². The first-order chi connectivity index (χ1) is 10.9. The summed E-state index contributed by atoms with van der Waals surface area (Å²) in [6, 6.07) is 19.7. The molecule has 0 aliphatic carbocycles. The van der Waals surface area contributed by atoms with Gasteiger partial charge in [0.25, 0.3) is 0 Å². The Bertz CT molecular complexity index is 605. The smallest absolute Gasteiger partial charge is 0.0233 e. The summed E-state index contributed by atoms with van der Waals surface area (Å²) in [6.45, 7) is 6.07. The summed E-state index contributed by atoms with van der Waals surface area (Å²) in [5.41, 5.74) is 4.04. The molecule has 2 aromatic carbocycles. The topological polar surface area (TPSA) is 15.3 Å². The van der Waals surface area contributed by atoms with Crippen LogP contribution in [-0.4, -0.2) is 31.1 Å².